The first-order valence-corrected chi connectivity index (χ1v) is 24.6. The first-order chi connectivity index (χ1) is 37.6. The van der Waals surface area contributed by atoms with Crippen LogP contribution >= 0.6 is 0 Å². The van der Waals surface area contributed by atoms with E-state index in [9.17, 15) is 0 Å². The van der Waals surface area contributed by atoms with Gasteiger partial charge in [0.2, 0.25) is 5.95 Å². The van der Waals surface area contributed by atoms with Crippen LogP contribution in [-0.2, 0) is 5.41 Å². The normalized spacial score (nSPS) is 13.2. The predicted molar refractivity (Wildman–Crippen MR) is 331 cm³/mol. The summed E-state index contributed by atoms with van der Waals surface area (Å²) in [5.41, 5.74) is 10.2. The molecular formula is C58H18B14N4O2. The number of hydrogen-bond donors (Lipinski definition) is 0. The minimum Gasteiger partial charge on any atom is -0.457 e. The molecule has 2 aliphatic carbocycles. The highest BCUT2D eigenvalue weighted by molar-refractivity contribution is 6.71. The van der Waals surface area contributed by atoms with Crippen LogP contribution in [0.5, 0.6) is 0 Å². The van der Waals surface area contributed by atoms with Crippen LogP contribution in [0, 0.1) is 0 Å². The van der Waals surface area contributed by atoms with Gasteiger partial charge < -0.3 is 8.83 Å². The molecule has 28 radical (unpaired) electrons. The monoisotopic (exact) mass is 956 g/mol. The maximum Gasteiger partial charge on any atom is 0.238 e. The third kappa shape index (κ3) is 5.68. The van der Waals surface area contributed by atoms with Crippen molar-refractivity contribution in [2.75, 3.05) is 0 Å². The number of para-hydroxylation sites is 1. The Morgan fingerprint density at radius 3 is 1.33 bits per heavy atom. The van der Waals surface area contributed by atoms with E-state index in [-0.39, 0.29) is 149 Å². The average molecular weight is 954 g/mol. The van der Waals surface area contributed by atoms with Gasteiger partial charge in [0.1, 0.15) is 132 Å². The third-order valence-electron chi connectivity index (χ3n) is 16.3. The summed E-state index contributed by atoms with van der Waals surface area (Å²) in [5.74, 6) is -0.0312. The zero-order valence-corrected chi connectivity index (χ0v) is 41.1. The van der Waals surface area contributed by atoms with Crippen LogP contribution in [0.1, 0.15) is 22.3 Å². The first kappa shape index (κ1) is 47.5. The summed E-state index contributed by atoms with van der Waals surface area (Å²) in [7, 11) is 94.3. The summed E-state index contributed by atoms with van der Waals surface area (Å²) in [5, 5.41) is 2.79. The molecule has 6 nitrogen and oxygen atoms in total. The van der Waals surface area contributed by atoms with Crippen LogP contribution in [-0.4, -0.2) is 129 Å². The molecule has 1 spiro atoms. The number of rotatable bonds is 3. The lowest BCUT2D eigenvalue weighted by Crippen LogP contribution is -2.48. The van der Waals surface area contributed by atoms with Gasteiger partial charge in [0.15, 0.2) is 11.6 Å². The van der Waals surface area contributed by atoms with Gasteiger partial charge >= 0.3 is 0 Å². The van der Waals surface area contributed by atoms with Crippen molar-refractivity contribution >= 4 is 252 Å². The van der Waals surface area contributed by atoms with Gasteiger partial charge in [0, 0.05) is 43.4 Å². The largest absolute Gasteiger partial charge is 0.457 e. The lowest BCUT2D eigenvalue weighted by molar-refractivity contribution is 0.673. The summed E-state index contributed by atoms with van der Waals surface area (Å²) in [6, 6.07) is 38.1. The number of hydrogen-bond acceptors (Lipinski definition) is 5. The van der Waals surface area contributed by atoms with Crippen molar-refractivity contribution in [1.29, 1.82) is 0 Å². The Balaban J connectivity index is 1.12. The molecule has 15 rings (SSSR count). The second-order valence-corrected chi connectivity index (χ2v) is 20.0. The molecule has 0 bridgehead atoms. The Kier molecular flexibility index (Phi) is 9.86. The van der Waals surface area contributed by atoms with E-state index in [0.29, 0.717) is 0 Å². The van der Waals surface area contributed by atoms with Crippen LogP contribution in [0.25, 0.3) is 117 Å². The zero-order valence-electron chi connectivity index (χ0n) is 41.1. The van der Waals surface area contributed by atoms with Crippen molar-refractivity contribution < 1.29 is 8.83 Å². The van der Waals surface area contributed by atoms with Gasteiger partial charge in [-0.15, -0.1) is 27.3 Å². The summed E-state index contributed by atoms with van der Waals surface area (Å²) in [6.07, 6.45) is 0. The molecule has 20 heteroatoms. The maximum absolute atomic E-state index is 7.32. The standard InChI is InChI=1S/C58H18B14N4O2/c59-36-30-32-38(61)43(66)46(69)49(72)54(32)78-52(30)47(70)40(63)34(36)55-73-56(35-41(64)42(65)37(60)31-33-39(62)44(67)45(68)48(71)53(33)77-51(31)35)75-57(74-55)76-28-16-8-4-11-21(28)22-17-18-27-29(50(22)76)23-12-3-7-15-26(23)58(27)24-13-5-1-9-19(24)20-10-2-6-14-25(20)58/h1-18H. The Hall–Kier alpha value is -7.70. The third-order valence-corrected chi connectivity index (χ3v) is 16.3. The SMILES string of the molecule is [B]c1c([B])c([B])c2c(oc3c([B])c([B])c(-c4nc(-c5c([B])c([B])c([B])c6c5oc5c([B])c([B])c([B])c([B])c56)nc(-n5c6ccccc6c6ccc7c(c65)-c5ccccc5C75c6ccccc6-c6ccccc65)n4)c([B])c32)c1[B]. The second kappa shape index (κ2) is 16.2. The van der Waals surface area contributed by atoms with Crippen molar-refractivity contribution in [1.82, 2.24) is 19.5 Å². The summed E-state index contributed by atoms with van der Waals surface area (Å²) < 4.78 is 14.9. The molecule has 0 atom stereocenters. The molecule has 4 aromatic heterocycles. The van der Waals surface area contributed by atoms with Crippen molar-refractivity contribution in [3.05, 3.63) is 131 Å². The molecule has 0 N–H and O–H groups in total. The molecule has 0 saturated heterocycles. The Morgan fingerprint density at radius 1 is 0.321 bits per heavy atom. The average Bonchev–Trinajstić information content (AvgIpc) is 4.17. The molecule has 324 valence electrons. The molecular weight excluding hydrogens is 936 g/mol. The molecule has 0 fully saturated rings. The highest BCUT2D eigenvalue weighted by Gasteiger charge is 2.52. The van der Waals surface area contributed by atoms with Crippen LogP contribution in [0.3, 0.4) is 0 Å². The van der Waals surface area contributed by atoms with E-state index in [1.54, 1.807) is 0 Å². The topological polar surface area (TPSA) is 69.9 Å². The van der Waals surface area contributed by atoms with Crippen molar-refractivity contribution in [3.63, 3.8) is 0 Å². The lowest BCUT2D eigenvalue weighted by atomic mass is 9.64. The Labute approximate surface area is 465 Å². The molecule has 2 aliphatic rings. The molecule has 13 aromatic rings. The van der Waals surface area contributed by atoms with E-state index in [1.807, 2.05) is 22.8 Å². The minimum atomic E-state index is -0.703. The summed E-state index contributed by atoms with van der Waals surface area (Å²) in [4.78, 5) is 15.9. The predicted octanol–water partition coefficient (Wildman–Crippen LogP) is -2.44. The highest BCUT2D eigenvalue weighted by atomic mass is 16.3. The fourth-order valence-electron chi connectivity index (χ4n) is 12.8. The van der Waals surface area contributed by atoms with Crippen molar-refractivity contribution in [2.45, 2.75) is 5.41 Å². The van der Waals surface area contributed by atoms with Gasteiger partial charge in [-0.05, 0) is 45.0 Å². The Morgan fingerprint density at radius 2 is 0.744 bits per heavy atom. The van der Waals surface area contributed by atoms with Gasteiger partial charge in [-0.2, -0.15) is 9.97 Å². The lowest BCUT2D eigenvalue weighted by Gasteiger charge is -2.30. The number of aromatic nitrogens is 4. The fraction of sp³-hybridized carbons (Fsp3) is 0.0172. The van der Waals surface area contributed by atoms with Crippen LogP contribution in [0.15, 0.2) is 118 Å². The van der Waals surface area contributed by atoms with E-state index in [1.165, 1.54) is 0 Å². The van der Waals surface area contributed by atoms with Crippen LogP contribution < -0.4 is 76.5 Å². The van der Waals surface area contributed by atoms with Crippen molar-refractivity contribution in [3.8, 4) is 51.0 Å². The minimum absolute atomic E-state index is 0.00854. The number of fused-ring (bicyclic) bond motifs is 20. The number of furan rings is 2. The van der Waals surface area contributed by atoms with E-state index in [4.69, 9.17) is 134 Å². The second-order valence-electron chi connectivity index (χ2n) is 20.0. The van der Waals surface area contributed by atoms with Crippen molar-refractivity contribution in [2.24, 2.45) is 0 Å². The maximum atomic E-state index is 7.32. The van der Waals surface area contributed by atoms with Gasteiger partial charge in [-0.3, -0.25) is 4.57 Å². The van der Waals surface area contributed by atoms with Crippen LogP contribution in [0.2, 0.25) is 0 Å². The van der Waals surface area contributed by atoms with Gasteiger partial charge in [0.25, 0.3) is 0 Å². The number of benzene rings is 9. The number of nitrogens with zero attached hydrogens (tertiary/aromatic N) is 4. The van der Waals surface area contributed by atoms with E-state index in [2.05, 4.69) is 91.0 Å². The quantitative estimate of drug-likeness (QED) is 0.185. The van der Waals surface area contributed by atoms with Gasteiger partial charge in [-0.1, -0.05) is 152 Å². The molecule has 78 heavy (non-hydrogen) atoms. The molecule has 9 aromatic carbocycles. The highest BCUT2D eigenvalue weighted by Crippen LogP contribution is 2.64. The molecule has 4 heterocycles. The molecule has 0 saturated carbocycles. The van der Waals surface area contributed by atoms with E-state index >= 15 is 0 Å². The van der Waals surface area contributed by atoms with E-state index in [0.717, 1.165) is 66.3 Å². The molecule has 0 aliphatic heterocycles. The summed E-state index contributed by atoms with van der Waals surface area (Å²) in [6.45, 7) is 0. The fourth-order valence-corrected chi connectivity index (χ4v) is 12.8. The first-order valence-electron chi connectivity index (χ1n) is 24.6. The van der Waals surface area contributed by atoms with Gasteiger partial charge in [-0.25, -0.2) is 4.98 Å². The zero-order chi connectivity index (χ0) is 53.9. The van der Waals surface area contributed by atoms with Crippen LogP contribution in [0.4, 0.5) is 0 Å². The Bertz CT molecular complexity index is 4960. The molecule has 0 amide bonds. The smallest absolute Gasteiger partial charge is 0.238 e. The van der Waals surface area contributed by atoms with Gasteiger partial charge in [0.05, 0.1) is 22.0 Å². The van der Waals surface area contributed by atoms with E-state index < -0.39 is 5.41 Å². The molecule has 0 unspecified atom stereocenters. The summed E-state index contributed by atoms with van der Waals surface area (Å²) >= 11 is 0.